The number of anilines is 1. The molecule has 0 spiro atoms. The molecule has 2 heterocycles. The van der Waals surface area contributed by atoms with E-state index in [9.17, 15) is 10.1 Å². The Hall–Kier alpha value is -2.20. The molecule has 0 saturated carbocycles. The molecular weight excluding hydrogens is 224 g/mol. The fourth-order valence-corrected chi connectivity index (χ4v) is 1.45. The zero-order chi connectivity index (χ0) is 12.3. The van der Waals surface area contributed by atoms with Gasteiger partial charge in [0, 0.05) is 25.4 Å². The monoisotopic (exact) mass is 234 g/mol. The lowest BCUT2D eigenvalue weighted by atomic mass is 10.2. The standard InChI is InChI=1S/C10H10N4O3/c11-4-7-3-9(14(15)16)10(12-5-7)13-6-8-1-2-17-8/h3,5,8H,1-2,6H2,(H,12,13). The Morgan fingerprint density at radius 2 is 2.53 bits per heavy atom. The van der Waals surface area contributed by atoms with Crippen LogP contribution in [0.2, 0.25) is 0 Å². The minimum absolute atomic E-state index is 0.0899. The maximum absolute atomic E-state index is 10.8. The van der Waals surface area contributed by atoms with E-state index in [0.717, 1.165) is 13.0 Å². The van der Waals surface area contributed by atoms with Gasteiger partial charge < -0.3 is 10.1 Å². The molecule has 0 radical (unpaired) electrons. The fourth-order valence-electron chi connectivity index (χ4n) is 1.45. The van der Waals surface area contributed by atoms with Crippen LogP contribution in [0.5, 0.6) is 0 Å². The summed E-state index contributed by atoms with van der Waals surface area (Å²) in [5, 5.41) is 22.3. The first-order valence-electron chi connectivity index (χ1n) is 5.10. The number of ether oxygens (including phenoxy) is 1. The van der Waals surface area contributed by atoms with E-state index in [1.807, 2.05) is 6.07 Å². The lowest BCUT2D eigenvalue weighted by Crippen LogP contribution is -2.33. The maximum atomic E-state index is 10.8. The van der Waals surface area contributed by atoms with E-state index in [0.29, 0.717) is 6.54 Å². The Balaban J connectivity index is 2.14. The second-order valence-electron chi connectivity index (χ2n) is 3.62. The van der Waals surface area contributed by atoms with Crippen molar-refractivity contribution in [1.29, 1.82) is 5.26 Å². The Bertz CT molecular complexity index is 479. The number of aromatic nitrogens is 1. The quantitative estimate of drug-likeness (QED) is 0.617. The number of nitrogens with one attached hydrogen (secondary N) is 1. The summed E-state index contributed by atoms with van der Waals surface area (Å²) in [5.41, 5.74) is -0.0227. The number of pyridine rings is 1. The highest BCUT2D eigenvalue weighted by Gasteiger charge is 2.21. The Morgan fingerprint density at radius 1 is 1.76 bits per heavy atom. The van der Waals surface area contributed by atoms with Crippen molar-refractivity contribution < 1.29 is 9.66 Å². The molecule has 1 N–H and O–H groups in total. The maximum Gasteiger partial charge on any atom is 0.312 e. The summed E-state index contributed by atoms with van der Waals surface area (Å²) in [5.74, 6) is 0.171. The van der Waals surface area contributed by atoms with Crippen molar-refractivity contribution in [2.75, 3.05) is 18.5 Å². The van der Waals surface area contributed by atoms with Gasteiger partial charge in [-0.05, 0) is 6.42 Å². The van der Waals surface area contributed by atoms with Gasteiger partial charge in [0.05, 0.1) is 16.6 Å². The topological polar surface area (TPSA) is 101 Å². The molecule has 2 rings (SSSR count). The summed E-state index contributed by atoms with van der Waals surface area (Å²) in [6.45, 7) is 1.22. The molecular formula is C10H10N4O3. The van der Waals surface area contributed by atoms with E-state index in [2.05, 4.69) is 10.3 Å². The van der Waals surface area contributed by atoms with Crippen molar-refractivity contribution in [3.05, 3.63) is 27.9 Å². The van der Waals surface area contributed by atoms with Crippen LogP contribution in [-0.2, 0) is 4.74 Å². The van der Waals surface area contributed by atoms with Gasteiger partial charge in [0.25, 0.3) is 0 Å². The van der Waals surface area contributed by atoms with Gasteiger partial charge in [0.15, 0.2) is 0 Å². The lowest BCUT2D eigenvalue weighted by Gasteiger charge is -2.26. The van der Waals surface area contributed by atoms with Crippen molar-refractivity contribution in [2.24, 2.45) is 0 Å². The Morgan fingerprint density at radius 3 is 3.06 bits per heavy atom. The number of hydrogen-bond donors (Lipinski definition) is 1. The number of nitriles is 1. The number of nitro groups is 1. The van der Waals surface area contributed by atoms with Crippen LogP contribution in [-0.4, -0.2) is 29.2 Å². The first-order valence-corrected chi connectivity index (χ1v) is 5.10. The highest BCUT2D eigenvalue weighted by atomic mass is 16.6. The van der Waals surface area contributed by atoms with Crippen LogP contribution in [0.15, 0.2) is 12.3 Å². The number of nitrogens with zero attached hydrogens (tertiary/aromatic N) is 3. The van der Waals surface area contributed by atoms with Crippen molar-refractivity contribution in [3.63, 3.8) is 0 Å². The summed E-state index contributed by atoms with van der Waals surface area (Å²) in [7, 11) is 0. The second-order valence-corrected chi connectivity index (χ2v) is 3.62. The zero-order valence-corrected chi connectivity index (χ0v) is 8.92. The summed E-state index contributed by atoms with van der Waals surface area (Å²) >= 11 is 0. The second kappa shape index (κ2) is 4.76. The molecule has 88 valence electrons. The Kier molecular flexibility index (Phi) is 3.16. The molecule has 0 bridgehead atoms. The number of hydrogen-bond acceptors (Lipinski definition) is 6. The normalized spacial score (nSPS) is 17.9. The van der Waals surface area contributed by atoms with E-state index >= 15 is 0 Å². The largest absolute Gasteiger partial charge is 0.376 e. The first kappa shape index (κ1) is 11.3. The summed E-state index contributed by atoms with van der Waals surface area (Å²) in [6, 6.07) is 3.02. The van der Waals surface area contributed by atoms with Gasteiger partial charge in [-0.2, -0.15) is 5.26 Å². The Labute approximate surface area is 97.2 Å². The van der Waals surface area contributed by atoms with Gasteiger partial charge in [-0.25, -0.2) is 4.98 Å². The van der Waals surface area contributed by atoms with Crippen LogP contribution in [0.1, 0.15) is 12.0 Å². The highest BCUT2D eigenvalue weighted by molar-refractivity contribution is 5.58. The predicted octanol–water partition coefficient (Wildman–Crippen LogP) is 1.06. The molecule has 0 aliphatic carbocycles. The predicted molar refractivity (Wildman–Crippen MR) is 58.5 cm³/mol. The molecule has 7 nitrogen and oxygen atoms in total. The molecule has 7 heteroatoms. The average molecular weight is 234 g/mol. The molecule has 0 amide bonds. The van der Waals surface area contributed by atoms with Gasteiger partial charge in [-0.3, -0.25) is 10.1 Å². The molecule has 0 aromatic carbocycles. The van der Waals surface area contributed by atoms with Gasteiger partial charge in [-0.1, -0.05) is 0 Å². The van der Waals surface area contributed by atoms with Gasteiger partial charge in [0.1, 0.15) is 6.07 Å². The summed E-state index contributed by atoms with van der Waals surface area (Å²) in [6.07, 6.45) is 2.33. The molecule has 1 unspecified atom stereocenters. The van der Waals surface area contributed by atoms with Crippen LogP contribution in [0.25, 0.3) is 0 Å². The third-order valence-corrected chi connectivity index (χ3v) is 2.48. The van der Waals surface area contributed by atoms with Crippen LogP contribution >= 0.6 is 0 Å². The summed E-state index contributed by atoms with van der Waals surface area (Å²) in [4.78, 5) is 14.1. The minimum Gasteiger partial charge on any atom is -0.376 e. The van der Waals surface area contributed by atoms with Crippen molar-refractivity contribution >= 4 is 11.5 Å². The van der Waals surface area contributed by atoms with E-state index in [-0.39, 0.29) is 23.2 Å². The molecule has 1 saturated heterocycles. The molecule has 1 aromatic heterocycles. The van der Waals surface area contributed by atoms with Crippen LogP contribution in [0, 0.1) is 21.4 Å². The van der Waals surface area contributed by atoms with E-state index < -0.39 is 4.92 Å². The molecule has 1 fully saturated rings. The number of rotatable bonds is 4. The fraction of sp³-hybridized carbons (Fsp3) is 0.400. The summed E-state index contributed by atoms with van der Waals surface area (Å²) < 4.78 is 5.19. The van der Waals surface area contributed by atoms with Crippen LogP contribution in [0.3, 0.4) is 0 Å². The third kappa shape index (κ3) is 2.49. The third-order valence-electron chi connectivity index (χ3n) is 2.48. The van der Waals surface area contributed by atoms with Crippen LogP contribution in [0.4, 0.5) is 11.5 Å². The van der Waals surface area contributed by atoms with E-state index in [1.54, 1.807) is 0 Å². The molecule has 1 atom stereocenters. The van der Waals surface area contributed by atoms with E-state index in [1.165, 1.54) is 12.3 Å². The lowest BCUT2D eigenvalue weighted by molar-refractivity contribution is -0.384. The average Bonchev–Trinajstić information content (AvgIpc) is 2.27. The van der Waals surface area contributed by atoms with Crippen molar-refractivity contribution in [1.82, 2.24) is 4.98 Å². The van der Waals surface area contributed by atoms with Gasteiger partial charge in [0.2, 0.25) is 5.82 Å². The van der Waals surface area contributed by atoms with Crippen LogP contribution < -0.4 is 5.32 Å². The zero-order valence-electron chi connectivity index (χ0n) is 8.92. The van der Waals surface area contributed by atoms with E-state index in [4.69, 9.17) is 10.00 Å². The molecule has 1 aromatic rings. The minimum atomic E-state index is -0.558. The molecule has 1 aliphatic heterocycles. The highest BCUT2D eigenvalue weighted by Crippen LogP contribution is 2.23. The van der Waals surface area contributed by atoms with Gasteiger partial charge in [-0.15, -0.1) is 0 Å². The SMILES string of the molecule is N#Cc1cnc(NCC2CCO2)c([N+](=O)[O-])c1. The van der Waals surface area contributed by atoms with Crippen molar-refractivity contribution in [2.45, 2.75) is 12.5 Å². The molecule has 17 heavy (non-hydrogen) atoms. The first-order chi connectivity index (χ1) is 8.20. The van der Waals surface area contributed by atoms with Crippen molar-refractivity contribution in [3.8, 4) is 6.07 Å². The van der Waals surface area contributed by atoms with Gasteiger partial charge >= 0.3 is 5.69 Å². The molecule has 1 aliphatic rings. The smallest absolute Gasteiger partial charge is 0.312 e.